The van der Waals surface area contributed by atoms with Crippen molar-refractivity contribution in [3.8, 4) is 0 Å². The van der Waals surface area contributed by atoms with Crippen LogP contribution >= 0.6 is 0 Å². The molecule has 6 aliphatic rings. The van der Waals surface area contributed by atoms with Crippen molar-refractivity contribution in [1.29, 1.82) is 0 Å². The van der Waals surface area contributed by atoms with Crippen LogP contribution in [0.2, 0.25) is 0 Å². The average molecular weight is 573 g/mol. The van der Waals surface area contributed by atoms with Gasteiger partial charge in [0.1, 0.15) is 12.1 Å². The van der Waals surface area contributed by atoms with Gasteiger partial charge in [-0.1, -0.05) is 13.8 Å². The Morgan fingerprint density at radius 2 is 1.27 bits per heavy atom. The van der Waals surface area contributed by atoms with Crippen molar-refractivity contribution >= 4 is 11.9 Å². The monoisotopic (exact) mass is 572 g/mol. The predicted octanol–water partition coefficient (Wildman–Crippen LogP) is 6.11. The zero-order valence-corrected chi connectivity index (χ0v) is 27.2. The van der Waals surface area contributed by atoms with E-state index in [0.717, 1.165) is 21.3 Å². The Hall–Kier alpha value is -1.14. The molecule has 0 amide bonds. The van der Waals surface area contributed by atoms with Crippen LogP contribution in [0.15, 0.2) is 0 Å². The molecule has 2 aliphatic heterocycles. The highest BCUT2D eigenvalue weighted by Gasteiger charge is 2.68. The molecule has 2 heterocycles. The number of hydrogen-bond donors (Lipinski definition) is 0. The molecule has 0 spiro atoms. The fourth-order valence-corrected chi connectivity index (χ4v) is 12.3. The number of likely N-dealkylation sites (N-methyl/N-ethyl adjacent to an activating group) is 2. The van der Waals surface area contributed by atoms with Crippen molar-refractivity contribution in [2.75, 3.05) is 40.3 Å². The molecular weight excluding hydrogens is 512 g/mol. The van der Waals surface area contributed by atoms with Gasteiger partial charge in [-0.15, -0.1) is 0 Å². The Balaban J connectivity index is 1.31. The first kappa shape index (κ1) is 29.9. The van der Waals surface area contributed by atoms with Crippen molar-refractivity contribution in [2.24, 2.45) is 34.5 Å². The van der Waals surface area contributed by atoms with Crippen molar-refractivity contribution in [1.82, 2.24) is 0 Å². The van der Waals surface area contributed by atoms with Crippen LogP contribution in [0.4, 0.5) is 0 Å². The maximum absolute atomic E-state index is 12.5. The molecular formula is C35H60N2O4+2. The summed E-state index contributed by atoms with van der Waals surface area (Å²) < 4.78 is 14.7. The lowest BCUT2D eigenvalue weighted by Gasteiger charge is -2.63. The molecule has 6 nitrogen and oxygen atoms in total. The predicted molar refractivity (Wildman–Crippen MR) is 161 cm³/mol. The summed E-state index contributed by atoms with van der Waals surface area (Å²) in [6, 6.07) is 0.846. The van der Waals surface area contributed by atoms with Crippen LogP contribution in [0.5, 0.6) is 0 Å². The van der Waals surface area contributed by atoms with E-state index in [0.29, 0.717) is 35.3 Å². The van der Waals surface area contributed by atoms with Gasteiger partial charge in [-0.3, -0.25) is 9.59 Å². The van der Waals surface area contributed by atoms with E-state index in [1.807, 2.05) is 0 Å². The van der Waals surface area contributed by atoms with E-state index in [1.165, 1.54) is 103 Å². The molecule has 0 N–H and O–H groups in total. The van der Waals surface area contributed by atoms with Crippen LogP contribution in [-0.4, -0.2) is 85.5 Å². The lowest BCUT2D eigenvalue weighted by molar-refractivity contribution is -0.943. The minimum Gasteiger partial charge on any atom is -0.456 e. The van der Waals surface area contributed by atoms with Crippen LogP contribution in [0.25, 0.3) is 0 Å². The number of nitrogens with zero attached hydrogens (tertiary/aromatic N) is 2. The first-order valence-corrected chi connectivity index (χ1v) is 17.4. The molecule has 0 aromatic carbocycles. The highest BCUT2D eigenvalue weighted by Crippen LogP contribution is 2.68. The summed E-state index contributed by atoms with van der Waals surface area (Å²) in [5.41, 5.74) is 0.377. The summed E-state index contributed by atoms with van der Waals surface area (Å²) in [4.78, 5) is 24.8. The number of likely N-dealkylation sites (tertiary alicyclic amines) is 2. The average Bonchev–Trinajstić information content (AvgIpc) is 3.21. The number of ether oxygens (including phenoxy) is 2. The molecule has 6 rings (SSSR count). The van der Waals surface area contributed by atoms with Gasteiger partial charge in [0.15, 0.2) is 12.2 Å². The van der Waals surface area contributed by atoms with Gasteiger partial charge in [-0.2, -0.15) is 0 Å². The Labute approximate surface area is 250 Å². The maximum atomic E-state index is 12.5. The van der Waals surface area contributed by atoms with E-state index < -0.39 is 0 Å². The molecule has 2 saturated heterocycles. The number of esters is 2. The third-order valence-corrected chi connectivity index (χ3v) is 14.5. The van der Waals surface area contributed by atoms with Gasteiger partial charge in [0.25, 0.3) is 0 Å². The number of carbonyl (C=O) groups is 2. The first-order valence-electron chi connectivity index (χ1n) is 17.4. The van der Waals surface area contributed by atoms with E-state index in [1.54, 1.807) is 13.8 Å². The lowest BCUT2D eigenvalue weighted by Crippen LogP contribution is -2.66. The molecule has 0 aromatic heterocycles. The van der Waals surface area contributed by atoms with Crippen LogP contribution in [0, 0.1) is 34.5 Å². The summed E-state index contributed by atoms with van der Waals surface area (Å²) in [6.45, 7) is 13.3. The fraction of sp³-hybridized carbons (Fsp3) is 0.943. The fourth-order valence-electron chi connectivity index (χ4n) is 12.3. The molecule has 4 aliphatic carbocycles. The third kappa shape index (κ3) is 4.99. The highest BCUT2D eigenvalue weighted by atomic mass is 16.5. The lowest BCUT2D eigenvalue weighted by atomic mass is 9.44. The molecule has 0 aromatic rings. The number of piperidine rings is 2. The Bertz CT molecular complexity index is 1000. The second kappa shape index (κ2) is 10.8. The van der Waals surface area contributed by atoms with Crippen LogP contribution in [0.1, 0.15) is 111 Å². The number of fused-ring (bicyclic) bond motifs is 5. The van der Waals surface area contributed by atoms with Gasteiger partial charge in [0, 0.05) is 32.1 Å². The molecule has 4 saturated carbocycles. The summed E-state index contributed by atoms with van der Waals surface area (Å²) in [6.07, 6.45) is 16.4. The zero-order chi connectivity index (χ0) is 29.2. The quantitative estimate of drug-likeness (QED) is 0.301. The summed E-state index contributed by atoms with van der Waals surface area (Å²) in [7, 11) is 4.94. The first-order chi connectivity index (χ1) is 19.4. The number of rotatable bonds is 4. The number of hydrogen-bond acceptors (Lipinski definition) is 4. The standard InChI is InChI=1S/C35H60N2O4/c1-24(38)40-32-21-26-13-14-27-28(35(26,4)23-31(32)37(6)19-11-8-12-20-37)15-16-34(3)29(27)22-30(33(34)41-25(2)39)36(5)17-9-7-10-18-36/h26-33H,7-23H2,1-6H3/q+2/t26-,27+,28+,29-,30?,31?,32?,33?,34-,35-/m0/s1. The van der Waals surface area contributed by atoms with Crippen LogP contribution in [0.3, 0.4) is 0 Å². The SMILES string of the molecule is CC(=O)OC1C[C@@H]2CC[C@@H]3[C@@H](CC[C@]4(C)C(OC(C)=O)C([N+]5(C)CCCCC5)C[C@@H]34)[C@@]2(C)CC1[N+]1(C)CCCCC1. The Morgan fingerprint density at radius 3 is 1.85 bits per heavy atom. The second-order valence-corrected chi connectivity index (χ2v) is 16.7. The topological polar surface area (TPSA) is 52.6 Å². The number of quaternary nitrogens is 2. The van der Waals surface area contributed by atoms with Gasteiger partial charge in [-0.25, -0.2) is 0 Å². The maximum Gasteiger partial charge on any atom is 0.303 e. The summed E-state index contributed by atoms with van der Waals surface area (Å²) in [5.74, 6) is 2.52. The molecule has 232 valence electrons. The van der Waals surface area contributed by atoms with Gasteiger partial charge >= 0.3 is 11.9 Å². The smallest absolute Gasteiger partial charge is 0.303 e. The normalized spacial score (nSPS) is 46.9. The number of carbonyl (C=O) groups excluding carboxylic acids is 2. The van der Waals surface area contributed by atoms with Crippen molar-refractivity contribution in [3.63, 3.8) is 0 Å². The summed E-state index contributed by atoms with van der Waals surface area (Å²) >= 11 is 0. The van der Waals surface area contributed by atoms with Crippen LogP contribution in [-0.2, 0) is 19.1 Å². The van der Waals surface area contributed by atoms with Gasteiger partial charge in [0.2, 0.25) is 0 Å². The molecule has 10 atom stereocenters. The molecule has 0 bridgehead atoms. The van der Waals surface area contributed by atoms with E-state index in [9.17, 15) is 9.59 Å². The molecule has 0 radical (unpaired) electrons. The Morgan fingerprint density at radius 1 is 0.683 bits per heavy atom. The summed E-state index contributed by atoms with van der Waals surface area (Å²) in [5, 5.41) is 0. The van der Waals surface area contributed by atoms with Crippen molar-refractivity contribution in [3.05, 3.63) is 0 Å². The van der Waals surface area contributed by atoms with E-state index >= 15 is 0 Å². The van der Waals surface area contributed by atoms with Crippen molar-refractivity contribution in [2.45, 2.75) is 135 Å². The highest BCUT2D eigenvalue weighted by molar-refractivity contribution is 5.66. The Kier molecular flexibility index (Phi) is 7.87. The van der Waals surface area contributed by atoms with Crippen LogP contribution < -0.4 is 0 Å². The zero-order valence-electron chi connectivity index (χ0n) is 27.2. The van der Waals surface area contributed by atoms with Crippen molar-refractivity contribution < 1.29 is 28.0 Å². The van der Waals surface area contributed by atoms with Gasteiger partial charge in [-0.05, 0) is 99.7 Å². The third-order valence-electron chi connectivity index (χ3n) is 14.5. The molecule has 6 fully saturated rings. The largest absolute Gasteiger partial charge is 0.456 e. The molecule has 6 heteroatoms. The molecule has 41 heavy (non-hydrogen) atoms. The van der Waals surface area contributed by atoms with E-state index in [4.69, 9.17) is 9.47 Å². The van der Waals surface area contributed by atoms with E-state index in [2.05, 4.69) is 27.9 Å². The second-order valence-electron chi connectivity index (χ2n) is 16.7. The minimum atomic E-state index is -0.0998. The molecule has 4 unspecified atom stereocenters. The van der Waals surface area contributed by atoms with Gasteiger partial charge < -0.3 is 18.4 Å². The van der Waals surface area contributed by atoms with E-state index in [-0.39, 0.29) is 29.6 Å². The minimum absolute atomic E-state index is 0.0462. The van der Waals surface area contributed by atoms with Gasteiger partial charge in [0.05, 0.1) is 40.3 Å².